The normalized spacial score (nSPS) is 16.6. The van der Waals surface area contributed by atoms with Crippen molar-refractivity contribution in [1.82, 2.24) is 0 Å². The zero-order chi connectivity index (χ0) is 14.5. The third kappa shape index (κ3) is 3.06. The van der Waals surface area contributed by atoms with Gasteiger partial charge in [0.15, 0.2) is 11.5 Å². The minimum atomic E-state index is -0.112. The minimum absolute atomic E-state index is 0.0731. The molecule has 0 bridgehead atoms. The van der Waals surface area contributed by atoms with Gasteiger partial charge in [-0.05, 0) is 49.4 Å². The largest absolute Gasteiger partial charge is 0.493 e. The fourth-order valence-corrected chi connectivity index (χ4v) is 2.54. The summed E-state index contributed by atoms with van der Waals surface area (Å²) in [5, 5.41) is 0. The third-order valence-corrected chi connectivity index (χ3v) is 3.50. The van der Waals surface area contributed by atoms with Gasteiger partial charge >= 0.3 is 5.97 Å². The zero-order valence-corrected chi connectivity index (χ0v) is 12.4. The van der Waals surface area contributed by atoms with Gasteiger partial charge in [0.25, 0.3) is 0 Å². The van der Waals surface area contributed by atoms with E-state index in [0.717, 1.165) is 41.9 Å². The maximum atomic E-state index is 11.8. The van der Waals surface area contributed by atoms with E-state index in [1.807, 2.05) is 19.1 Å². The first-order chi connectivity index (χ1) is 9.69. The van der Waals surface area contributed by atoms with Crippen LogP contribution in [0.15, 0.2) is 12.1 Å². The second kappa shape index (κ2) is 6.64. The van der Waals surface area contributed by atoms with Crippen LogP contribution in [0.3, 0.4) is 0 Å². The van der Waals surface area contributed by atoms with Crippen LogP contribution >= 0.6 is 0 Å². The lowest BCUT2D eigenvalue weighted by Crippen LogP contribution is -2.17. The molecule has 0 amide bonds. The molecule has 1 aromatic carbocycles. The van der Waals surface area contributed by atoms with E-state index in [0.29, 0.717) is 13.2 Å². The quantitative estimate of drug-likeness (QED) is 0.751. The molecule has 1 aliphatic rings. The van der Waals surface area contributed by atoms with Crippen LogP contribution in [0.2, 0.25) is 0 Å². The average molecular weight is 278 g/mol. The molecule has 0 spiro atoms. The van der Waals surface area contributed by atoms with E-state index in [2.05, 4.69) is 6.92 Å². The van der Waals surface area contributed by atoms with E-state index >= 15 is 0 Å². The number of rotatable bonds is 6. The van der Waals surface area contributed by atoms with Crippen LogP contribution in [-0.2, 0) is 22.4 Å². The van der Waals surface area contributed by atoms with E-state index in [9.17, 15) is 4.79 Å². The van der Waals surface area contributed by atoms with Gasteiger partial charge in [0.1, 0.15) is 0 Å². The first kappa shape index (κ1) is 14.7. The van der Waals surface area contributed by atoms with Gasteiger partial charge in [-0.25, -0.2) is 0 Å². The lowest BCUT2D eigenvalue weighted by Gasteiger charge is -2.12. The highest BCUT2D eigenvalue weighted by Crippen LogP contribution is 2.37. The summed E-state index contributed by atoms with van der Waals surface area (Å²) in [7, 11) is 1.64. The van der Waals surface area contributed by atoms with Gasteiger partial charge in [-0.3, -0.25) is 4.79 Å². The van der Waals surface area contributed by atoms with Crippen LogP contribution in [0.1, 0.15) is 31.4 Å². The van der Waals surface area contributed by atoms with Crippen LogP contribution in [-0.4, -0.2) is 26.3 Å². The highest BCUT2D eigenvalue weighted by atomic mass is 16.5. The van der Waals surface area contributed by atoms with Gasteiger partial charge in [0.2, 0.25) is 0 Å². The van der Waals surface area contributed by atoms with E-state index in [1.165, 1.54) is 0 Å². The molecule has 0 aliphatic heterocycles. The standard InChI is InChI=1S/C16H22O4/c1-4-6-20-15-10-12-8-13(16(17)19-5-2)7-11(12)9-14(15)18-3/h9-10,13H,4-8H2,1-3H3. The van der Waals surface area contributed by atoms with Crippen molar-refractivity contribution in [2.24, 2.45) is 5.92 Å². The number of esters is 1. The molecule has 0 aromatic heterocycles. The van der Waals surface area contributed by atoms with Gasteiger partial charge in [-0.15, -0.1) is 0 Å². The van der Waals surface area contributed by atoms with Gasteiger partial charge in [-0.1, -0.05) is 6.92 Å². The molecular formula is C16H22O4. The number of carbonyl (C=O) groups excluding carboxylic acids is 1. The van der Waals surface area contributed by atoms with Crippen LogP contribution in [0.25, 0.3) is 0 Å². The van der Waals surface area contributed by atoms with Crippen LogP contribution < -0.4 is 9.47 Å². The topological polar surface area (TPSA) is 44.8 Å². The Morgan fingerprint density at radius 2 is 1.85 bits per heavy atom. The molecule has 1 unspecified atom stereocenters. The van der Waals surface area contributed by atoms with Crippen molar-refractivity contribution in [3.63, 3.8) is 0 Å². The van der Waals surface area contributed by atoms with E-state index in [-0.39, 0.29) is 11.9 Å². The molecule has 110 valence electrons. The summed E-state index contributed by atoms with van der Waals surface area (Å²) >= 11 is 0. The van der Waals surface area contributed by atoms with Crippen molar-refractivity contribution in [3.8, 4) is 11.5 Å². The molecule has 1 atom stereocenters. The predicted molar refractivity (Wildman–Crippen MR) is 76.3 cm³/mol. The molecule has 1 aromatic rings. The highest BCUT2D eigenvalue weighted by Gasteiger charge is 2.29. The smallest absolute Gasteiger partial charge is 0.309 e. The fourth-order valence-electron chi connectivity index (χ4n) is 2.54. The van der Waals surface area contributed by atoms with Crippen LogP contribution in [0, 0.1) is 5.92 Å². The van der Waals surface area contributed by atoms with E-state index in [4.69, 9.17) is 14.2 Å². The van der Waals surface area contributed by atoms with Gasteiger partial charge in [0.05, 0.1) is 26.2 Å². The minimum Gasteiger partial charge on any atom is -0.493 e. The molecule has 0 saturated heterocycles. The lowest BCUT2D eigenvalue weighted by atomic mass is 10.1. The molecule has 0 radical (unpaired) electrons. The second-order valence-corrected chi connectivity index (χ2v) is 4.98. The molecule has 2 rings (SSSR count). The van der Waals surface area contributed by atoms with Crippen molar-refractivity contribution in [2.45, 2.75) is 33.1 Å². The molecule has 0 fully saturated rings. The number of benzene rings is 1. The Morgan fingerprint density at radius 3 is 2.40 bits per heavy atom. The summed E-state index contributed by atoms with van der Waals surface area (Å²) in [5.74, 6) is 1.31. The number of carbonyl (C=O) groups is 1. The summed E-state index contributed by atoms with van der Waals surface area (Å²) in [4.78, 5) is 11.8. The maximum Gasteiger partial charge on any atom is 0.309 e. The van der Waals surface area contributed by atoms with Crippen molar-refractivity contribution in [3.05, 3.63) is 23.3 Å². The van der Waals surface area contributed by atoms with Crippen molar-refractivity contribution < 1.29 is 19.0 Å². The summed E-state index contributed by atoms with van der Waals surface area (Å²) < 4.78 is 16.2. The van der Waals surface area contributed by atoms with E-state index < -0.39 is 0 Å². The summed E-state index contributed by atoms with van der Waals surface area (Å²) in [6.45, 7) is 4.99. The van der Waals surface area contributed by atoms with Crippen molar-refractivity contribution >= 4 is 5.97 Å². The monoisotopic (exact) mass is 278 g/mol. The first-order valence-corrected chi connectivity index (χ1v) is 7.18. The summed E-state index contributed by atoms with van der Waals surface area (Å²) in [6.07, 6.45) is 2.39. The van der Waals surface area contributed by atoms with E-state index in [1.54, 1.807) is 7.11 Å². The molecule has 1 aliphatic carbocycles. The number of ether oxygens (including phenoxy) is 3. The van der Waals surface area contributed by atoms with Gasteiger partial charge in [0, 0.05) is 0 Å². The van der Waals surface area contributed by atoms with Crippen molar-refractivity contribution in [1.29, 1.82) is 0 Å². The second-order valence-electron chi connectivity index (χ2n) is 4.98. The average Bonchev–Trinajstić information content (AvgIpc) is 2.87. The summed E-state index contributed by atoms with van der Waals surface area (Å²) in [5.41, 5.74) is 2.32. The molecule has 0 N–H and O–H groups in total. The molecule has 4 nitrogen and oxygen atoms in total. The van der Waals surface area contributed by atoms with Crippen LogP contribution in [0.4, 0.5) is 0 Å². The zero-order valence-electron chi connectivity index (χ0n) is 12.4. The van der Waals surface area contributed by atoms with Gasteiger partial charge in [-0.2, -0.15) is 0 Å². The first-order valence-electron chi connectivity index (χ1n) is 7.18. The highest BCUT2D eigenvalue weighted by molar-refractivity contribution is 5.75. The number of methoxy groups -OCH3 is 1. The van der Waals surface area contributed by atoms with Crippen molar-refractivity contribution in [2.75, 3.05) is 20.3 Å². The molecular weight excluding hydrogens is 256 g/mol. The Kier molecular flexibility index (Phi) is 4.88. The predicted octanol–water partition coefficient (Wildman–Crippen LogP) is 2.76. The Morgan fingerprint density at radius 1 is 1.20 bits per heavy atom. The van der Waals surface area contributed by atoms with Crippen LogP contribution in [0.5, 0.6) is 11.5 Å². The molecule has 4 heteroatoms. The SMILES string of the molecule is CCCOc1cc2c(cc1OC)CC(C(=O)OCC)C2. The third-order valence-electron chi connectivity index (χ3n) is 3.50. The molecule has 0 saturated carbocycles. The fraction of sp³-hybridized carbons (Fsp3) is 0.562. The van der Waals surface area contributed by atoms with Gasteiger partial charge < -0.3 is 14.2 Å². The Balaban J connectivity index is 2.17. The number of hydrogen-bond donors (Lipinski definition) is 0. The maximum absolute atomic E-state index is 11.8. The number of hydrogen-bond acceptors (Lipinski definition) is 4. The summed E-state index contributed by atoms with van der Waals surface area (Å²) in [6, 6.07) is 3.99. The molecule has 0 heterocycles. The molecule has 20 heavy (non-hydrogen) atoms. The number of fused-ring (bicyclic) bond motifs is 1. The Labute approximate surface area is 120 Å². The Bertz CT molecular complexity index is 482. The Hall–Kier alpha value is -1.71. The lowest BCUT2D eigenvalue weighted by molar-refractivity contribution is -0.147.